The van der Waals surface area contributed by atoms with Crippen LogP contribution < -0.4 is 0 Å². The largest absolute Gasteiger partial charge is 0.198 e. The van der Waals surface area contributed by atoms with Gasteiger partial charge in [0.15, 0.2) is 0 Å². The molecule has 0 heterocycles. The van der Waals surface area contributed by atoms with Crippen LogP contribution >= 0.6 is 0 Å². The lowest BCUT2D eigenvalue weighted by molar-refractivity contribution is 0.245. The minimum absolute atomic E-state index is 0.00750. The zero-order valence-corrected chi connectivity index (χ0v) is 9.21. The smallest absolute Gasteiger partial charge is 0.0669 e. The summed E-state index contributed by atoms with van der Waals surface area (Å²) in [4.78, 5) is 0. The van der Waals surface area contributed by atoms with Crippen molar-refractivity contribution in [1.29, 1.82) is 10.5 Å². The Hall–Kier alpha value is -1.02. The highest BCUT2D eigenvalue weighted by atomic mass is 14.5. The summed E-state index contributed by atoms with van der Waals surface area (Å²) in [6.45, 7) is 0. The standard InChI is InChI=1S/C13H18N2/c14-9-11-7-13(8-12(11)10-15)5-3-1-2-4-6-13/h11-12H,1-8H2. The van der Waals surface area contributed by atoms with E-state index in [1.165, 1.54) is 38.5 Å². The summed E-state index contributed by atoms with van der Waals surface area (Å²) < 4.78 is 0. The zero-order chi connectivity index (χ0) is 10.7. The molecule has 0 amide bonds. The molecule has 0 bridgehead atoms. The molecule has 2 atom stereocenters. The van der Waals surface area contributed by atoms with Gasteiger partial charge < -0.3 is 0 Å². The Labute approximate surface area is 91.9 Å². The van der Waals surface area contributed by atoms with Crippen molar-refractivity contribution in [1.82, 2.24) is 0 Å². The molecular formula is C13H18N2. The van der Waals surface area contributed by atoms with Gasteiger partial charge in [0.05, 0.1) is 24.0 Å². The molecule has 1 spiro atoms. The molecule has 2 aliphatic carbocycles. The van der Waals surface area contributed by atoms with Crippen LogP contribution in [0.3, 0.4) is 0 Å². The van der Waals surface area contributed by atoms with Gasteiger partial charge in [-0.1, -0.05) is 25.7 Å². The summed E-state index contributed by atoms with van der Waals surface area (Å²) in [6.07, 6.45) is 9.77. The van der Waals surface area contributed by atoms with Crippen molar-refractivity contribution >= 4 is 0 Å². The van der Waals surface area contributed by atoms with Crippen LogP contribution in [0, 0.1) is 39.9 Å². The van der Waals surface area contributed by atoms with Gasteiger partial charge in [0, 0.05) is 0 Å². The molecule has 80 valence electrons. The van der Waals surface area contributed by atoms with Crippen LogP contribution in [0.15, 0.2) is 0 Å². The van der Waals surface area contributed by atoms with Gasteiger partial charge in [-0.25, -0.2) is 0 Å². The van der Waals surface area contributed by atoms with E-state index >= 15 is 0 Å². The lowest BCUT2D eigenvalue weighted by Gasteiger charge is -2.27. The van der Waals surface area contributed by atoms with E-state index in [2.05, 4.69) is 12.1 Å². The monoisotopic (exact) mass is 202 g/mol. The molecule has 2 rings (SSSR count). The molecule has 15 heavy (non-hydrogen) atoms. The molecule has 2 nitrogen and oxygen atoms in total. The van der Waals surface area contributed by atoms with Crippen LogP contribution in [-0.2, 0) is 0 Å². The average Bonchev–Trinajstić information content (AvgIpc) is 2.45. The quantitative estimate of drug-likeness (QED) is 0.604. The summed E-state index contributed by atoms with van der Waals surface area (Å²) in [5.74, 6) is 0.0150. The zero-order valence-electron chi connectivity index (χ0n) is 9.21. The summed E-state index contributed by atoms with van der Waals surface area (Å²) in [7, 11) is 0. The van der Waals surface area contributed by atoms with E-state index in [-0.39, 0.29) is 11.8 Å². The fourth-order valence-electron chi connectivity index (χ4n) is 3.46. The van der Waals surface area contributed by atoms with Crippen LogP contribution in [-0.4, -0.2) is 0 Å². The highest BCUT2D eigenvalue weighted by Crippen LogP contribution is 2.52. The summed E-state index contributed by atoms with van der Waals surface area (Å²) in [6, 6.07) is 4.67. The van der Waals surface area contributed by atoms with Crippen molar-refractivity contribution in [3.63, 3.8) is 0 Å². The van der Waals surface area contributed by atoms with E-state index in [9.17, 15) is 0 Å². The maximum absolute atomic E-state index is 9.05. The number of nitriles is 2. The first kappa shape index (κ1) is 10.5. The molecule has 0 aromatic heterocycles. The van der Waals surface area contributed by atoms with E-state index < -0.39 is 0 Å². The summed E-state index contributed by atoms with van der Waals surface area (Å²) in [5.41, 5.74) is 0.358. The third-order valence-corrected chi connectivity index (χ3v) is 4.29. The Morgan fingerprint density at radius 2 is 1.27 bits per heavy atom. The van der Waals surface area contributed by atoms with Gasteiger partial charge in [0.2, 0.25) is 0 Å². The van der Waals surface area contributed by atoms with Gasteiger partial charge in [-0.2, -0.15) is 10.5 Å². The van der Waals surface area contributed by atoms with Gasteiger partial charge >= 0.3 is 0 Å². The Morgan fingerprint density at radius 1 is 0.800 bits per heavy atom. The van der Waals surface area contributed by atoms with Crippen LogP contribution in [0.2, 0.25) is 0 Å². The average molecular weight is 202 g/mol. The molecule has 2 aliphatic rings. The fourth-order valence-corrected chi connectivity index (χ4v) is 3.46. The SMILES string of the molecule is N#CC1CC2(CCCCCC2)CC1C#N. The van der Waals surface area contributed by atoms with Gasteiger partial charge in [-0.15, -0.1) is 0 Å². The molecule has 0 aliphatic heterocycles. The highest BCUT2D eigenvalue weighted by Gasteiger charge is 2.45. The molecule has 2 heteroatoms. The first-order valence-corrected chi connectivity index (χ1v) is 6.09. The lowest BCUT2D eigenvalue weighted by Crippen LogP contribution is -2.15. The molecule has 0 aromatic rings. The fraction of sp³-hybridized carbons (Fsp3) is 0.846. The van der Waals surface area contributed by atoms with E-state index in [0.29, 0.717) is 5.41 Å². The first-order valence-electron chi connectivity index (χ1n) is 6.09. The van der Waals surface area contributed by atoms with Crippen molar-refractivity contribution in [3.8, 4) is 12.1 Å². The van der Waals surface area contributed by atoms with E-state index in [1.807, 2.05) is 0 Å². The Morgan fingerprint density at radius 3 is 1.67 bits per heavy atom. The van der Waals surface area contributed by atoms with E-state index in [1.54, 1.807) is 0 Å². The van der Waals surface area contributed by atoms with Crippen LogP contribution in [0.25, 0.3) is 0 Å². The Balaban J connectivity index is 2.11. The number of rotatable bonds is 0. The predicted molar refractivity (Wildman–Crippen MR) is 57.6 cm³/mol. The summed E-state index contributed by atoms with van der Waals surface area (Å²) >= 11 is 0. The lowest BCUT2D eigenvalue weighted by atomic mass is 9.78. The maximum atomic E-state index is 9.05. The van der Waals surface area contributed by atoms with E-state index in [4.69, 9.17) is 10.5 Å². The van der Waals surface area contributed by atoms with Crippen molar-refractivity contribution in [2.45, 2.75) is 51.4 Å². The maximum Gasteiger partial charge on any atom is 0.0669 e. The second-order valence-electron chi connectivity index (χ2n) is 5.29. The molecular weight excluding hydrogens is 184 g/mol. The number of hydrogen-bond acceptors (Lipinski definition) is 2. The van der Waals surface area contributed by atoms with Crippen LogP contribution in [0.1, 0.15) is 51.4 Å². The first-order chi connectivity index (χ1) is 7.29. The molecule has 2 saturated carbocycles. The van der Waals surface area contributed by atoms with Gasteiger partial charge in [0.1, 0.15) is 0 Å². The van der Waals surface area contributed by atoms with Crippen LogP contribution in [0.5, 0.6) is 0 Å². The normalized spacial score (nSPS) is 34.3. The third kappa shape index (κ3) is 2.00. The van der Waals surface area contributed by atoms with Crippen molar-refractivity contribution in [3.05, 3.63) is 0 Å². The third-order valence-electron chi connectivity index (χ3n) is 4.29. The Kier molecular flexibility index (Phi) is 2.96. The minimum atomic E-state index is 0.00750. The molecule has 0 aromatic carbocycles. The van der Waals surface area contributed by atoms with Gasteiger partial charge in [0.25, 0.3) is 0 Å². The number of hydrogen-bond donors (Lipinski definition) is 0. The summed E-state index contributed by atoms with van der Waals surface area (Å²) in [5, 5.41) is 18.1. The minimum Gasteiger partial charge on any atom is -0.198 e. The second-order valence-corrected chi connectivity index (χ2v) is 5.29. The van der Waals surface area contributed by atoms with Crippen molar-refractivity contribution in [2.75, 3.05) is 0 Å². The van der Waals surface area contributed by atoms with Crippen LogP contribution in [0.4, 0.5) is 0 Å². The second kappa shape index (κ2) is 4.23. The molecule has 2 unspecified atom stereocenters. The Bertz CT molecular complexity index is 275. The molecule has 0 radical (unpaired) electrons. The topological polar surface area (TPSA) is 47.6 Å². The number of nitrogens with zero attached hydrogens (tertiary/aromatic N) is 2. The van der Waals surface area contributed by atoms with Crippen molar-refractivity contribution < 1.29 is 0 Å². The molecule has 2 fully saturated rings. The van der Waals surface area contributed by atoms with Crippen molar-refractivity contribution in [2.24, 2.45) is 17.3 Å². The van der Waals surface area contributed by atoms with E-state index in [0.717, 1.165) is 12.8 Å². The highest BCUT2D eigenvalue weighted by molar-refractivity contribution is 5.08. The predicted octanol–water partition coefficient (Wildman–Crippen LogP) is 3.40. The van der Waals surface area contributed by atoms with Gasteiger partial charge in [-0.3, -0.25) is 0 Å². The molecule has 0 saturated heterocycles. The molecule has 0 N–H and O–H groups in total. The van der Waals surface area contributed by atoms with Gasteiger partial charge in [-0.05, 0) is 31.1 Å².